The van der Waals surface area contributed by atoms with Crippen LogP contribution in [-0.2, 0) is 42.8 Å². The number of esters is 3. The van der Waals surface area contributed by atoms with Crippen LogP contribution >= 0.6 is 0 Å². The molecule has 2 aliphatic heterocycles. The first kappa shape index (κ1) is 47.0. The van der Waals surface area contributed by atoms with Crippen LogP contribution in [0.3, 0.4) is 0 Å². The molecule has 0 radical (unpaired) electrons. The fourth-order valence-electron chi connectivity index (χ4n) is 10.8. The van der Waals surface area contributed by atoms with Crippen molar-refractivity contribution in [3.63, 3.8) is 0 Å². The van der Waals surface area contributed by atoms with Crippen molar-refractivity contribution in [2.24, 2.45) is 22.7 Å². The minimum Gasteiger partial charge on any atom is -0.456 e. The van der Waals surface area contributed by atoms with Gasteiger partial charge in [0.05, 0.1) is 42.8 Å². The fourth-order valence-corrected chi connectivity index (χ4v) is 10.8. The number of nitrogens with zero attached hydrogens (tertiary/aromatic N) is 1. The molecule has 2 aromatic rings. The van der Waals surface area contributed by atoms with Crippen molar-refractivity contribution in [2.45, 2.75) is 115 Å². The summed E-state index contributed by atoms with van der Waals surface area (Å²) in [6.45, 7) is 16.1. The van der Waals surface area contributed by atoms with E-state index in [4.69, 9.17) is 28.4 Å². The van der Waals surface area contributed by atoms with Gasteiger partial charge in [0.1, 0.15) is 35.3 Å². The number of aliphatic hydroxyl groups is 2. The Balaban J connectivity index is 1.38. The first-order valence-electron chi connectivity index (χ1n) is 22.1. The molecule has 1 amide bonds. The van der Waals surface area contributed by atoms with Crippen molar-refractivity contribution in [3.8, 4) is 0 Å². The smallest absolute Gasteiger partial charge is 0.408 e. The molecule has 2 bridgehead atoms. The van der Waals surface area contributed by atoms with Gasteiger partial charge in [0.25, 0.3) is 0 Å². The number of fused-ring (bicyclic) bond motifs is 5. The molecule has 2 heterocycles. The van der Waals surface area contributed by atoms with Gasteiger partial charge in [0, 0.05) is 37.8 Å². The van der Waals surface area contributed by atoms with Crippen molar-refractivity contribution in [1.29, 1.82) is 0 Å². The third-order valence-corrected chi connectivity index (χ3v) is 14.0. The second kappa shape index (κ2) is 17.8. The Morgan fingerprint density at radius 1 is 0.969 bits per heavy atom. The Morgan fingerprint density at radius 3 is 2.20 bits per heavy atom. The number of morpholine rings is 1. The molecular formula is C49H62N2O13. The van der Waals surface area contributed by atoms with Crippen LogP contribution in [-0.4, -0.2) is 126 Å². The topological polar surface area (TPSA) is 196 Å². The Bertz CT molecular complexity index is 2160. The number of alkyl carbamates (subject to hydrolysis) is 1. The predicted octanol–water partition coefficient (Wildman–Crippen LogP) is 5.04. The molecule has 3 N–H and O–H groups in total. The van der Waals surface area contributed by atoms with Gasteiger partial charge < -0.3 is 44.0 Å². The van der Waals surface area contributed by atoms with Crippen molar-refractivity contribution in [3.05, 3.63) is 95.1 Å². The number of ketones is 1. The first-order valence-corrected chi connectivity index (χ1v) is 22.1. The van der Waals surface area contributed by atoms with E-state index in [0.29, 0.717) is 56.0 Å². The number of ether oxygens (including phenoxy) is 6. The largest absolute Gasteiger partial charge is 0.456 e. The van der Waals surface area contributed by atoms with Gasteiger partial charge in [0.15, 0.2) is 11.7 Å². The van der Waals surface area contributed by atoms with Crippen LogP contribution < -0.4 is 5.32 Å². The Morgan fingerprint density at radius 2 is 1.61 bits per heavy atom. The lowest BCUT2D eigenvalue weighted by Gasteiger charge is -2.65. The molecule has 1 saturated carbocycles. The van der Waals surface area contributed by atoms with E-state index >= 15 is 4.79 Å². The predicted molar refractivity (Wildman–Crippen MR) is 231 cm³/mol. The molecule has 15 nitrogen and oxygen atoms in total. The summed E-state index contributed by atoms with van der Waals surface area (Å²) in [6, 6.07) is 15.3. The number of benzene rings is 2. The fraction of sp³-hybridized carbons (Fsp3) is 0.571. The highest BCUT2D eigenvalue weighted by Crippen LogP contribution is 2.64. The molecule has 3 fully saturated rings. The number of hydrogen-bond acceptors (Lipinski definition) is 14. The maximum absolute atomic E-state index is 15.9. The van der Waals surface area contributed by atoms with Gasteiger partial charge in [0.2, 0.25) is 0 Å². The van der Waals surface area contributed by atoms with Crippen LogP contribution in [0.1, 0.15) is 90.2 Å². The molecule has 3 aliphatic carbocycles. The van der Waals surface area contributed by atoms with Crippen LogP contribution in [0.15, 0.2) is 84.0 Å². The minimum absolute atomic E-state index is 0.151. The van der Waals surface area contributed by atoms with E-state index in [1.165, 1.54) is 6.92 Å². The lowest BCUT2D eigenvalue weighted by Crippen LogP contribution is -2.78. The molecule has 7 rings (SSSR count). The number of carbonyl (C=O) groups is 5. The maximum atomic E-state index is 15.9. The summed E-state index contributed by atoms with van der Waals surface area (Å²) in [7, 11) is 0. The molecule has 15 heteroatoms. The van der Waals surface area contributed by atoms with Crippen LogP contribution in [0.4, 0.5) is 4.79 Å². The zero-order valence-corrected chi connectivity index (χ0v) is 38.0. The Kier molecular flexibility index (Phi) is 13.1. The summed E-state index contributed by atoms with van der Waals surface area (Å²) in [6.07, 6.45) is -3.17. The number of carbonyl (C=O) groups excluding carboxylic acids is 5. The van der Waals surface area contributed by atoms with Gasteiger partial charge in [-0.1, -0.05) is 74.5 Å². The summed E-state index contributed by atoms with van der Waals surface area (Å²) in [5.74, 6) is -4.94. The van der Waals surface area contributed by atoms with Gasteiger partial charge in [-0.15, -0.1) is 0 Å². The highest BCUT2D eigenvalue weighted by atomic mass is 16.6. The molecule has 10 atom stereocenters. The molecule has 2 saturated heterocycles. The number of rotatable bonds is 11. The average Bonchev–Trinajstić information content (AvgIpc) is 3.23. The van der Waals surface area contributed by atoms with Gasteiger partial charge >= 0.3 is 24.0 Å². The third-order valence-electron chi connectivity index (χ3n) is 14.0. The minimum atomic E-state index is -2.14. The maximum Gasteiger partial charge on any atom is 0.408 e. The van der Waals surface area contributed by atoms with E-state index < -0.39 is 93.9 Å². The SMILES string of the molecule is CC(=O)O[C@@]12CO[C@@H]1C=C[C@@]1(C)C(=O)[C@H](CCN3CCOCC3)C3=C(C)[C@@H](OC(=O)[C@H](O)[C@@H](NC(=O)OC(C)(C)C)c4ccccc4)C[C@@](O)([C@@H](OC(=O)c4ccccc4)[C@H]21)C3(C)C. The van der Waals surface area contributed by atoms with Gasteiger partial charge in [-0.05, 0) is 76.4 Å². The van der Waals surface area contributed by atoms with E-state index in [0.717, 1.165) is 0 Å². The second-order valence-corrected chi connectivity index (χ2v) is 19.5. The van der Waals surface area contributed by atoms with Crippen LogP contribution in [0, 0.1) is 22.7 Å². The highest BCUT2D eigenvalue weighted by molar-refractivity contribution is 5.93. The molecule has 346 valence electrons. The summed E-state index contributed by atoms with van der Waals surface area (Å²) >= 11 is 0. The normalized spacial score (nSPS) is 32.0. The number of aliphatic hydroxyl groups excluding tert-OH is 1. The number of amides is 1. The van der Waals surface area contributed by atoms with Crippen LogP contribution in [0.5, 0.6) is 0 Å². The summed E-state index contributed by atoms with van der Waals surface area (Å²) in [5.41, 5.74) is -5.90. The van der Waals surface area contributed by atoms with E-state index in [1.54, 1.807) is 121 Å². The van der Waals surface area contributed by atoms with Crippen LogP contribution in [0.25, 0.3) is 0 Å². The van der Waals surface area contributed by atoms with E-state index in [1.807, 2.05) is 0 Å². The highest BCUT2D eigenvalue weighted by Gasteiger charge is 2.75. The quantitative estimate of drug-likeness (QED) is 0.154. The van der Waals surface area contributed by atoms with Crippen molar-refractivity contribution >= 4 is 29.8 Å². The summed E-state index contributed by atoms with van der Waals surface area (Å²) in [5, 5.41) is 28.4. The standard InChI is InChI=1S/C49H62N2O13/c1-29-34(61-43(56)38(53)37(31-15-11-9-12-16-31)50-44(57)64-45(3,4)5)27-49(58)41(62-42(55)32-17-13-10-14-18-32)39-47(8,21-19-35-48(39,28-60-35)63-30(2)52)40(54)33(36(29)46(49,6)7)20-22-51-23-25-59-26-24-51/h9-19,21,33-35,37-39,41,53,58H,20,22-28H2,1-8H3,(H,50,57)/t33-,34+,35-,37+,38-,39+,41+,47-,48+,49-/m1/s1. The van der Waals surface area contributed by atoms with Gasteiger partial charge in [-0.25, -0.2) is 14.4 Å². The molecule has 0 unspecified atom stereocenters. The summed E-state index contributed by atoms with van der Waals surface area (Å²) < 4.78 is 36.1. The summed E-state index contributed by atoms with van der Waals surface area (Å²) in [4.78, 5) is 73.2. The van der Waals surface area contributed by atoms with Crippen molar-refractivity contribution < 1.29 is 62.6 Å². The Hall–Kier alpha value is -4.93. The molecule has 64 heavy (non-hydrogen) atoms. The zero-order chi connectivity index (χ0) is 46.4. The lowest BCUT2D eigenvalue weighted by molar-refractivity contribution is -0.306. The Labute approximate surface area is 374 Å². The molecule has 0 spiro atoms. The number of nitrogens with one attached hydrogen (secondary N) is 1. The third kappa shape index (κ3) is 8.64. The molecule has 2 aromatic carbocycles. The van der Waals surface area contributed by atoms with Gasteiger partial charge in [-0.2, -0.15) is 0 Å². The number of hydrogen-bond donors (Lipinski definition) is 3. The number of allylic oxidation sites excluding steroid dienone is 1. The van der Waals surface area contributed by atoms with Crippen molar-refractivity contribution in [1.82, 2.24) is 10.2 Å². The molecule has 5 aliphatic rings. The first-order chi connectivity index (χ1) is 30.1. The lowest BCUT2D eigenvalue weighted by atomic mass is 9.45. The second-order valence-electron chi connectivity index (χ2n) is 19.5. The monoisotopic (exact) mass is 886 g/mol. The van der Waals surface area contributed by atoms with E-state index in [-0.39, 0.29) is 24.4 Å². The van der Waals surface area contributed by atoms with Crippen molar-refractivity contribution in [2.75, 3.05) is 39.5 Å². The van der Waals surface area contributed by atoms with E-state index in [2.05, 4.69) is 10.2 Å². The molecule has 0 aromatic heterocycles. The van der Waals surface area contributed by atoms with Gasteiger partial charge in [-0.3, -0.25) is 14.5 Å². The molecular weight excluding hydrogens is 825 g/mol. The number of Topliss-reactive ketones (excluding diaryl/α,β-unsaturated/α-hetero) is 1. The van der Waals surface area contributed by atoms with E-state index in [9.17, 15) is 29.4 Å². The zero-order valence-electron chi connectivity index (χ0n) is 38.0. The average molecular weight is 887 g/mol. The van der Waals surface area contributed by atoms with Crippen LogP contribution in [0.2, 0.25) is 0 Å².